The van der Waals surface area contributed by atoms with Crippen molar-refractivity contribution in [3.8, 4) is 0 Å². The molecule has 2 amide bonds. The number of nitrogens with two attached hydrogens (primary N) is 1. The van der Waals surface area contributed by atoms with Gasteiger partial charge in [-0.3, -0.25) is 14.4 Å². The number of hydrogen-bond acceptors (Lipinski definition) is 5. The van der Waals surface area contributed by atoms with Gasteiger partial charge in [0, 0.05) is 0 Å². The van der Waals surface area contributed by atoms with Gasteiger partial charge in [0.1, 0.15) is 0 Å². The number of nitrogens with one attached hydrogen (secondary N) is 2. The molecule has 2 atom stereocenters. The van der Waals surface area contributed by atoms with E-state index in [0.29, 0.717) is 0 Å². The van der Waals surface area contributed by atoms with E-state index >= 15 is 0 Å². The Morgan fingerprint density at radius 1 is 1.19 bits per heavy atom. The van der Waals surface area contributed by atoms with E-state index in [9.17, 15) is 14.4 Å². The lowest BCUT2D eigenvalue weighted by Gasteiger charge is -2.21. The third-order valence-corrected chi connectivity index (χ3v) is 4.02. The van der Waals surface area contributed by atoms with Crippen LogP contribution in [0.2, 0.25) is 0 Å². The van der Waals surface area contributed by atoms with Crippen molar-refractivity contribution in [1.82, 2.24) is 10.6 Å². The third kappa shape index (κ3) is 6.84. The van der Waals surface area contributed by atoms with Crippen LogP contribution in [0.1, 0.15) is 44.4 Å². The molecule has 144 valence electrons. The van der Waals surface area contributed by atoms with Gasteiger partial charge in [0.25, 0.3) is 0 Å². The van der Waals surface area contributed by atoms with E-state index in [0.717, 1.165) is 11.1 Å². The predicted molar refractivity (Wildman–Crippen MR) is 99.1 cm³/mol. The first-order chi connectivity index (χ1) is 12.3. The van der Waals surface area contributed by atoms with Crippen LogP contribution in [0.3, 0.4) is 0 Å². The van der Waals surface area contributed by atoms with Crippen LogP contribution in [0.4, 0.5) is 0 Å². The third-order valence-electron chi connectivity index (χ3n) is 4.02. The van der Waals surface area contributed by atoms with Gasteiger partial charge in [-0.1, -0.05) is 38.1 Å². The Hall–Kier alpha value is -2.41. The van der Waals surface area contributed by atoms with Gasteiger partial charge in [0.05, 0.1) is 31.7 Å². The molecule has 0 radical (unpaired) electrons. The lowest BCUT2D eigenvalue weighted by Crippen LogP contribution is -2.47. The molecule has 7 nitrogen and oxygen atoms in total. The Morgan fingerprint density at radius 2 is 1.85 bits per heavy atom. The molecule has 0 aliphatic rings. The first-order valence-corrected chi connectivity index (χ1v) is 8.80. The van der Waals surface area contributed by atoms with Gasteiger partial charge in [-0.25, -0.2) is 0 Å². The van der Waals surface area contributed by atoms with Crippen molar-refractivity contribution in [1.29, 1.82) is 0 Å². The van der Waals surface area contributed by atoms with Crippen LogP contribution < -0.4 is 16.4 Å². The fourth-order valence-electron chi connectivity index (χ4n) is 2.44. The number of rotatable bonds is 9. The number of carbonyl (C=O) groups is 3. The summed E-state index contributed by atoms with van der Waals surface area (Å²) in [6.45, 7) is 7.37. The van der Waals surface area contributed by atoms with Gasteiger partial charge in [-0.05, 0) is 30.9 Å². The van der Waals surface area contributed by atoms with Crippen molar-refractivity contribution in [2.75, 3.05) is 13.2 Å². The van der Waals surface area contributed by atoms with Crippen LogP contribution in [0, 0.1) is 12.8 Å². The lowest BCUT2D eigenvalue weighted by molar-refractivity contribution is -0.144. The second-order valence-electron chi connectivity index (χ2n) is 6.47. The highest BCUT2D eigenvalue weighted by Gasteiger charge is 2.22. The van der Waals surface area contributed by atoms with Gasteiger partial charge >= 0.3 is 5.97 Å². The minimum absolute atomic E-state index is 0.0177. The zero-order valence-corrected chi connectivity index (χ0v) is 15.9. The fourth-order valence-corrected chi connectivity index (χ4v) is 2.44. The van der Waals surface area contributed by atoms with Crippen LogP contribution in [0.25, 0.3) is 0 Å². The first kappa shape index (κ1) is 21.6. The maximum absolute atomic E-state index is 12.3. The van der Waals surface area contributed by atoms with E-state index in [-0.39, 0.29) is 31.4 Å². The van der Waals surface area contributed by atoms with Crippen LogP contribution in [-0.4, -0.2) is 37.0 Å². The van der Waals surface area contributed by atoms with Crippen molar-refractivity contribution in [3.05, 3.63) is 35.4 Å². The minimum Gasteiger partial charge on any atom is -0.466 e. The summed E-state index contributed by atoms with van der Waals surface area (Å²) >= 11 is 0. The standard InChI is InChI=1S/C19H29N3O4/c1-5-26-17(24)10-15(14-9-7-6-8-13(14)4)22-16(23)11-21-19(25)18(20)12(2)3/h6-9,12,15,18H,5,10-11,20H2,1-4H3,(H,21,25)(H,22,23)/t15?,18-/m0/s1. The summed E-state index contributed by atoms with van der Waals surface area (Å²) in [5.41, 5.74) is 7.54. The molecule has 4 N–H and O–H groups in total. The van der Waals surface area contributed by atoms with Crippen LogP contribution in [0.15, 0.2) is 24.3 Å². The SMILES string of the molecule is CCOC(=O)CC(NC(=O)CNC(=O)[C@@H](N)C(C)C)c1ccccc1C. The summed E-state index contributed by atoms with van der Waals surface area (Å²) in [6, 6.07) is 6.29. The topological polar surface area (TPSA) is 111 Å². The Bertz CT molecular complexity index is 631. The summed E-state index contributed by atoms with van der Waals surface area (Å²) in [6.07, 6.45) is 0.0177. The van der Waals surface area contributed by atoms with Gasteiger partial charge < -0.3 is 21.1 Å². The molecule has 0 aliphatic carbocycles. The second kappa shape index (κ2) is 10.6. The molecule has 0 saturated carbocycles. The Balaban J connectivity index is 2.76. The number of benzene rings is 1. The fraction of sp³-hybridized carbons (Fsp3) is 0.526. The quantitative estimate of drug-likeness (QED) is 0.571. The highest BCUT2D eigenvalue weighted by atomic mass is 16.5. The molecule has 7 heteroatoms. The van der Waals surface area contributed by atoms with E-state index in [4.69, 9.17) is 10.5 Å². The maximum atomic E-state index is 12.3. The van der Waals surface area contributed by atoms with Crippen molar-refractivity contribution >= 4 is 17.8 Å². The molecule has 26 heavy (non-hydrogen) atoms. The zero-order chi connectivity index (χ0) is 19.7. The molecule has 0 spiro atoms. The van der Waals surface area contributed by atoms with Crippen LogP contribution in [-0.2, 0) is 19.1 Å². The number of hydrogen-bond donors (Lipinski definition) is 3. The zero-order valence-electron chi connectivity index (χ0n) is 15.9. The minimum atomic E-state index is -0.672. The van der Waals surface area contributed by atoms with E-state index in [1.807, 2.05) is 45.0 Å². The summed E-state index contributed by atoms with van der Waals surface area (Å²) < 4.78 is 4.99. The van der Waals surface area contributed by atoms with Gasteiger partial charge in [-0.2, -0.15) is 0 Å². The van der Waals surface area contributed by atoms with Gasteiger partial charge in [0.15, 0.2) is 0 Å². The number of carbonyl (C=O) groups excluding carboxylic acids is 3. The molecular weight excluding hydrogens is 334 g/mol. The molecule has 0 aliphatic heterocycles. The molecule has 1 unspecified atom stereocenters. The lowest BCUT2D eigenvalue weighted by atomic mass is 9.98. The molecule has 1 aromatic rings. The normalized spacial score (nSPS) is 13.0. The summed E-state index contributed by atoms with van der Waals surface area (Å²) in [4.78, 5) is 36.0. The van der Waals surface area contributed by atoms with Crippen molar-refractivity contribution < 1.29 is 19.1 Å². The monoisotopic (exact) mass is 363 g/mol. The average Bonchev–Trinajstić information content (AvgIpc) is 2.59. The van der Waals surface area contributed by atoms with Crippen molar-refractivity contribution in [3.63, 3.8) is 0 Å². The number of amides is 2. The average molecular weight is 363 g/mol. The van der Waals surface area contributed by atoms with E-state index in [1.165, 1.54) is 0 Å². The van der Waals surface area contributed by atoms with Crippen LogP contribution >= 0.6 is 0 Å². The summed E-state index contributed by atoms with van der Waals surface area (Å²) in [5, 5.41) is 5.31. The molecule has 0 fully saturated rings. The molecule has 1 aromatic carbocycles. The number of aryl methyl sites for hydroxylation is 1. The molecular formula is C19H29N3O4. The van der Waals surface area contributed by atoms with E-state index in [2.05, 4.69) is 10.6 Å². The first-order valence-electron chi connectivity index (χ1n) is 8.80. The Kier molecular flexibility index (Phi) is 8.78. The Labute approximate surface area is 154 Å². The van der Waals surface area contributed by atoms with Gasteiger partial charge in [0.2, 0.25) is 11.8 Å². The van der Waals surface area contributed by atoms with Crippen molar-refractivity contribution in [2.24, 2.45) is 11.7 Å². The summed E-state index contributed by atoms with van der Waals surface area (Å²) in [5.74, 6) is -1.20. The van der Waals surface area contributed by atoms with E-state index in [1.54, 1.807) is 6.92 Å². The molecule has 0 bridgehead atoms. The second-order valence-corrected chi connectivity index (χ2v) is 6.47. The number of ether oxygens (including phenoxy) is 1. The number of esters is 1. The Morgan fingerprint density at radius 3 is 2.42 bits per heavy atom. The molecule has 0 saturated heterocycles. The highest BCUT2D eigenvalue weighted by molar-refractivity contribution is 5.87. The highest BCUT2D eigenvalue weighted by Crippen LogP contribution is 2.21. The smallest absolute Gasteiger partial charge is 0.308 e. The molecule has 0 aromatic heterocycles. The van der Waals surface area contributed by atoms with Crippen LogP contribution in [0.5, 0.6) is 0 Å². The van der Waals surface area contributed by atoms with Crippen molar-refractivity contribution in [2.45, 2.75) is 46.2 Å². The predicted octanol–water partition coefficient (Wildman–Crippen LogP) is 1.21. The summed E-state index contributed by atoms with van der Waals surface area (Å²) in [7, 11) is 0. The maximum Gasteiger partial charge on any atom is 0.308 e. The molecule has 0 heterocycles. The van der Waals surface area contributed by atoms with E-state index < -0.39 is 24.0 Å². The molecule has 1 rings (SSSR count). The van der Waals surface area contributed by atoms with Gasteiger partial charge in [-0.15, -0.1) is 0 Å². The largest absolute Gasteiger partial charge is 0.466 e.